The molecule has 0 unspecified atom stereocenters. The SMILES string of the molecule is C[C@H]1CN(Cc2nc3ccccc3[nH]c2=O)CCN1. The van der Waals surface area contributed by atoms with Gasteiger partial charge in [-0.3, -0.25) is 9.69 Å². The Morgan fingerprint density at radius 1 is 1.42 bits per heavy atom. The van der Waals surface area contributed by atoms with E-state index in [1.54, 1.807) is 0 Å². The lowest BCUT2D eigenvalue weighted by molar-refractivity contribution is 0.197. The Morgan fingerprint density at radius 3 is 3.11 bits per heavy atom. The second-order valence-electron chi connectivity index (χ2n) is 5.12. The zero-order valence-electron chi connectivity index (χ0n) is 11.0. The summed E-state index contributed by atoms with van der Waals surface area (Å²) >= 11 is 0. The summed E-state index contributed by atoms with van der Waals surface area (Å²) in [5, 5.41) is 3.39. The van der Waals surface area contributed by atoms with Crippen molar-refractivity contribution < 1.29 is 0 Å². The van der Waals surface area contributed by atoms with E-state index in [0.29, 0.717) is 18.3 Å². The van der Waals surface area contributed by atoms with Crippen LogP contribution in [0.25, 0.3) is 11.0 Å². The van der Waals surface area contributed by atoms with Crippen LogP contribution < -0.4 is 10.9 Å². The number of aromatic amines is 1. The highest BCUT2D eigenvalue weighted by Crippen LogP contribution is 2.08. The third-order valence-corrected chi connectivity index (χ3v) is 3.50. The van der Waals surface area contributed by atoms with Crippen molar-refractivity contribution in [2.45, 2.75) is 19.5 Å². The van der Waals surface area contributed by atoms with E-state index < -0.39 is 0 Å². The van der Waals surface area contributed by atoms with E-state index in [4.69, 9.17) is 0 Å². The Bertz CT molecular complexity index is 637. The van der Waals surface area contributed by atoms with Gasteiger partial charge in [0.15, 0.2) is 0 Å². The monoisotopic (exact) mass is 258 g/mol. The predicted octanol–water partition coefficient (Wildman–Crippen LogP) is 0.717. The molecule has 0 saturated carbocycles. The molecule has 1 aromatic heterocycles. The van der Waals surface area contributed by atoms with Gasteiger partial charge in [-0.25, -0.2) is 4.98 Å². The number of piperazine rings is 1. The number of para-hydroxylation sites is 2. The second kappa shape index (κ2) is 5.11. The quantitative estimate of drug-likeness (QED) is 0.833. The minimum Gasteiger partial charge on any atom is -0.319 e. The molecule has 0 amide bonds. The second-order valence-corrected chi connectivity index (χ2v) is 5.12. The molecule has 2 N–H and O–H groups in total. The van der Waals surface area contributed by atoms with Crippen molar-refractivity contribution in [2.24, 2.45) is 0 Å². The lowest BCUT2D eigenvalue weighted by Crippen LogP contribution is -2.49. The van der Waals surface area contributed by atoms with Gasteiger partial charge in [0, 0.05) is 32.2 Å². The molecular formula is C14H18N4O. The van der Waals surface area contributed by atoms with Gasteiger partial charge >= 0.3 is 0 Å². The number of rotatable bonds is 2. The standard InChI is InChI=1S/C14H18N4O/c1-10-8-18(7-6-15-10)9-13-14(19)17-12-5-3-2-4-11(12)16-13/h2-5,10,15H,6-9H2,1H3,(H,17,19)/t10-/m0/s1. The van der Waals surface area contributed by atoms with Crippen LogP contribution in [0.15, 0.2) is 29.1 Å². The Balaban J connectivity index is 1.88. The molecule has 1 saturated heterocycles. The number of nitrogens with one attached hydrogen (secondary N) is 2. The van der Waals surface area contributed by atoms with Gasteiger partial charge in [0.1, 0.15) is 5.69 Å². The molecule has 19 heavy (non-hydrogen) atoms. The van der Waals surface area contributed by atoms with Gasteiger partial charge in [0.2, 0.25) is 0 Å². The number of hydrogen-bond acceptors (Lipinski definition) is 4. The van der Waals surface area contributed by atoms with Crippen molar-refractivity contribution in [3.63, 3.8) is 0 Å². The van der Waals surface area contributed by atoms with Gasteiger partial charge in [-0.15, -0.1) is 0 Å². The van der Waals surface area contributed by atoms with Gasteiger partial charge < -0.3 is 10.3 Å². The molecule has 1 atom stereocenters. The molecule has 0 spiro atoms. The Kier molecular flexibility index (Phi) is 3.31. The van der Waals surface area contributed by atoms with Crippen LogP contribution in [0.3, 0.4) is 0 Å². The highest BCUT2D eigenvalue weighted by molar-refractivity contribution is 5.73. The summed E-state index contributed by atoms with van der Waals surface area (Å²) in [6.07, 6.45) is 0. The summed E-state index contributed by atoms with van der Waals surface area (Å²) in [7, 11) is 0. The molecule has 1 fully saturated rings. The maximum atomic E-state index is 12.0. The maximum Gasteiger partial charge on any atom is 0.271 e. The average Bonchev–Trinajstić information content (AvgIpc) is 2.40. The molecule has 0 aliphatic carbocycles. The highest BCUT2D eigenvalue weighted by Gasteiger charge is 2.17. The first-order valence-electron chi connectivity index (χ1n) is 6.66. The van der Waals surface area contributed by atoms with E-state index in [0.717, 1.165) is 30.7 Å². The van der Waals surface area contributed by atoms with E-state index in [1.807, 2.05) is 24.3 Å². The van der Waals surface area contributed by atoms with E-state index in [9.17, 15) is 4.79 Å². The molecule has 5 heteroatoms. The molecule has 0 radical (unpaired) electrons. The largest absolute Gasteiger partial charge is 0.319 e. The van der Waals surface area contributed by atoms with Gasteiger partial charge in [0.05, 0.1) is 11.0 Å². The molecule has 0 bridgehead atoms. The van der Waals surface area contributed by atoms with Crippen molar-refractivity contribution >= 4 is 11.0 Å². The van der Waals surface area contributed by atoms with Crippen LogP contribution in [-0.4, -0.2) is 40.5 Å². The molecule has 2 heterocycles. The lowest BCUT2D eigenvalue weighted by atomic mass is 10.2. The van der Waals surface area contributed by atoms with Crippen molar-refractivity contribution in [2.75, 3.05) is 19.6 Å². The normalized spacial score (nSPS) is 20.8. The Hall–Kier alpha value is -1.72. The van der Waals surface area contributed by atoms with Crippen LogP contribution in [0.5, 0.6) is 0 Å². The number of H-pyrrole nitrogens is 1. The number of hydrogen-bond donors (Lipinski definition) is 2. The molecule has 1 aliphatic rings. The number of fused-ring (bicyclic) bond motifs is 1. The van der Waals surface area contributed by atoms with Crippen LogP contribution in [0.4, 0.5) is 0 Å². The first-order chi connectivity index (χ1) is 9.22. The van der Waals surface area contributed by atoms with Gasteiger partial charge in [0.25, 0.3) is 5.56 Å². The van der Waals surface area contributed by atoms with E-state index >= 15 is 0 Å². The van der Waals surface area contributed by atoms with Gasteiger partial charge in [-0.2, -0.15) is 0 Å². The summed E-state index contributed by atoms with van der Waals surface area (Å²) in [5.74, 6) is 0. The van der Waals surface area contributed by atoms with E-state index in [2.05, 4.69) is 27.1 Å². The van der Waals surface area contributed by atoms with E-state index in [1.165, 1.54) is 0 Å². The molecule has 1 aliphatic heterocycles. The topological polar surface area (TPSA) is 61.0 Å². The number of nitrogens with zero attached hydrogens (tertiary/aromatic N) is 2. The fourth-order valence-electron chi connectivity index (χ4n) is 2.54. The fourth-order valence-corrected chi connectivity index (χ4v) is 2.54. The first kappa shape index (κ1) is 12.3. The zero-order valence-corrected chi connectivity index (χ0v) is 11.0. The van der Waals surface area contributed by atoms with E-state index in [-0.39, 0.29) is 5.56 Å². The number of aromatic nitrogens is 2. The predicted molar refractivity (Wildman–Crippen MR) is 75.1 cm³/mol. The van der Waals surface area contributed by atoms with Crippen LogP contribution in [0.1, 0.15) is 12.6 Å². The lowest BCUT2D eigenvalue weighted by Gasteiger charge is -2.31. The summed E-state index contributed by atoms with van der Waals surface area (Å²) in [6.45, 7) is 5.65. The number of benzene rings is 1. The van der Waals surface area contributed by atoms with Crippen molar-refractivity contribution in [3.05, 3.63) is 40.3 Å². The van der Waals surface area contributed by atoms with Crippen molar-refractivity contribution in [1.82, 2.24) is 20.2 Å². The van der Waals surface area contributed by atoms with Crippen LogP contribution in [0.2, 0.25) is 0 Å². The molecule has 100 valence electrons. The first-order valence-corrected chi connectivity index (χ1v) is 6.66. The highest BCUT2D eigenvalue weighted by atomic mass is 16.1. The fraction of sp³-hybridized carbons (Fsp3) is 0.429. The Labute approximate surface area is 111 Å². The maximum absolute atomic E-state index is 12.0. The van der Waals surface area contributed by atoms with Crippen LogP contribution in [0, 0.1) is 0 Å². The summed E-state index contributed by atoms with van der Waals surface area (Å²) in [4.78, 5) is 21.7. The summed E-state index contributed by atoms with van der Waals surface area (Å²) in [5.41, 5.74) is 2.17. The smallest absolute Gasteiger partial charge is 0.271 e. The third kappa shape index (κ3) is 2.67. The summed E-state index contributed by atoms with van der Waals surface area (Å²) in [6, 6.07) is 8.10. The molecule has 5 nitrogen and oxygen atoms in total. The van der Waals surface area contributed by atoms with Crippen molar-refractivity contribution in [3.8, 4) is 0 Å². The van der Waals surface area contributed by atoms with Crippen LogP contribution in [-0.2, 0) is 6.54 Å². The average molecular weight is 258 g/mol. The molecule has 1 aromatic carbocycles. The molecular weight excluding hydrogens is 240 g/mol. The Morgan fingerprint density at radius 2 is 2.26 bits per heavy atom. The van der Waals surface area contributed by atoms with Gasteiger partial charge in [-0.05, 0) is 19.1 Å². The zero-order chi connectivity index (χ0) is 13.2. The minimum absolute atomic E-state index is 0.0788. The third-order valence-electron chi connectivity index (χ3n) is 3.50. The molecule has 3 rings (SSSR count). The summed E-state index contributed by atoms with van der Waals surface area (Å²) < 4.78 is 0. The molecule has 2 aromatic rings. The van der Waals surface area contributed by atoms with Gasteiger partial charge in [-0.1, -0.05) is 12.1 Å². The minimum atomic E-state index is -0.0788. The van der Waals surface area contributed by atoms with Crippen molar-refractivity contribution in [1.29, 1.82) is 0 Å². The van der Waals surface area contributed by atoms with Crippen LogP contribution >= 0.6 is 0 Å².